The summed E-state index contributed by atoms with van der Waals surface area (Å²) in [7, 11) is 1.85. The van der Waals surface area contributed by atoms with Crippen LogP contribution in [-0.4, -0.2) is 35.7 Å². The fourth-order valence-electron chi connectivity index (χ4n) is 3.29. The van der Waals surface area contributed by atoms with Gasteiger partial charge in [-0.3, -0.25) is 0 Å². The fourth-order valence-corrected chi connectivity index (χ4v) is 3.29. The average Bonchev–Trinajstić information content (AvgIpc) is 3.05. The zero-order valence-corrected chi connectivity index (χ0v) is 15.7. The molecule has 1 saturated carbocycles. The van der Waals surface area contributed by atoms with E-state index < -0.39 is 5.60 Å². The van der Waals surface area contributed by atoms with Crippen LogP contribution in [0.2, 0.25) is 0 Å². The first-order valence-electron chi connectivity index (χ1n) is 9.05. The number of nitrogens with one attached hydrogen (secondary N) is 1. The Morgan fingerprint density at radius 2 is 2.04 bits per heavy atom. The zero-order valence-electron chi connectivity index (χ0n) is 15.7. The van der Waals surface area contributed by atoms with Crippen molar-refractivity contribution in [1.82, 2.24) is 10.2 Å². The monoisotopic (exact) mass is 336 g/mol. The van der Waals surface area contributed by atoms with Gasteiger partial charge < -0.3 is 19.4 Å². The molecular formula is C19H32N2O3. The molecule has 1 aliphatic carbocycles. The highest BCUT2D eigenvalue weighted by atomic mass is 16.6. The third-order valence-electron chi connectivity index (χ3n) is 4.66. The van der Waals surface area contributed by atoms with E-state index in [1.165, 1.54) is 0 Å². The lowest BCUT2D eigenvalue weighted by atomic mass is 9.89. The third kappa shape index (κ3) is 5.26. The Bertz CT molecular complexity index is 499. The summed E-state index contributed by atoms with van der Waals surface area (Å²) in [5, 5.41) is 3.71. The van der Waals surface area contributed by atoms with Crippen LogP contribution in [0, 0.1) is 0 Å². The Balaban J connectivity index is 1.81. The summed E-state index contributed by atoms with van der Waals surface area (Å²) in [6, 6.07) is 4.98. The first-order valence-corrected chi connectivity index (χ1v) is 9.05. The van der Waals surface area contributed by atoms with Crippen molar-refractivity contribution < 1.29 is 13.9 Å². The molecule has 1 unspecified atom stereocenters. The van der Waals surface area contributed by atoms with Gasteiger partial charge in [0.25, 0.3) is 0 Å². The Labute approximate surface area is 145 Å². The van der Waals surface area contributed by atoms with Crippen LogP contribution >= 0.6 is 0 Å². The van der Waals surface area contributed by atoms with Gasteiger partial charge in [0.1, 0.15) is 11.4 Å². The predicted octanol–water partition coefficient (Wildman–Crippen LogP) is 4.50. The zero-order chi connectivity index (χ0) is 17.7. The summed E-state index contributed by atoms with van der Waals surface area (Å²) in [6.45, 7) is 7.87. The van der Waals surface area contributed by atoms with Gasteiger partial charge in [-0.1, -0.05) is 6.92 Å². The highest BCUT2D eigenvalue weighted by molar-refractivity contribution is 5.68. The molecule has 1 aromatic rings. The number of hydrogen-bond donors (Lipinski definition) is 1. The number of nitrogens with zero attached hydrogens (tertiary/aromatic N) is 1. The van der Waals surface area contributed by atoms with Gasteiger partial charge in [0.05, 0.1) is 12.3 Å². The van der Waals surface area contributed by atoms with E-state index >= 15 is 0 Å². The van der Waals surface area contributed by atoms with Crippen molar-refractivity contribution in [3.8, 4) is 0 Å². The number of rotatable bonds is 5. The lowest BCUT2D eigenvalue weighted by Gasteiger charge is -2.36. The molecule has 136 valence electrons. The van der Waals surface area contributed by atoms with Gasteiger partial charge >= 0.3 is 6.09 Å². The molecule has 1 amide bonds. The second kappa shape index (κ2) is 8.06. The van der Waals surface area contributed by atoms with E-state index in [1.54, 1.807) is 11.2 Å². The van der Waals surface area contributed by atoms with Crippen molar-refractivity contribution in [2.24, 2.45) is 0 Å². The van der Waals surface area contributed by atoms with Gasteiger partial charge in [-0.2, -0.15) is 0 Å². The number of hydrogen-bond acceptors (Lipinski definition) is 4. The number of furan rings is 1. The van der Waals surface area contributed by atoms with Crippen molar-refractivity contribution in [1.29, 1.82) is 0 Å². The highest BCUT2D eigenvalue weighted by Gasteiger charge is 2.30. The summed E-state index contributed by atoms with van der Waals surface area (Å²) in [4.78, 5) is 14.0. The van der Waals surface area contributed by atoms with E-state index in [1.807, 2.05) is 40.0 Å². The molecule has 0 bridgehead atoms. The first-order chi connectivity index (χ1) is 11.3. The number of ether oxygens (including phenoxy) is 1. The summed E-state index contributed by atoms with van der Waals surface area (Å²) >= 11 is 0. The molecule has 1 atom stereocenters. The Kier molecular flexibility index (Phi) is 6.33. The topological polar surface area (TPSA) is 54.7 Å². The summed E-state index contributed by atoms with van der Waals surface area (Å²) in [5.41, 5.74) is -0.443. The predicted molar refractivity (Wildman–Crippen MR) is 94.9 cm³/mol. The standard InChI is InChI=1S/C19H32N2O3/c1-6-16(17-8-7-13-23-17)20-14-9-11-15(12-10-14)21(5)18(22)24-19(2,3)4/h7-8,13-16,20H,6,9-12H2,1-5H3. The number of amides is 1. The Morgan fingerprint density at radius 3 is 2.54 bits per heavy atom. The molecule has 1 heterocycles. The lowest BCUT2D eigenvalue weighted by molar-refractivity contribution is 0.0177. The summed E-state index contributed by atoms with van der Waals surface area (Å²) < 4.78 is 11.0. The molecule has 1 N–H and O–H groups in total. The minimum Gasteiger partial charge on any atom is -0.468 e. The van der Waals surface area contributed by atoms with Crippen LogP contribution in [0.4, 0.5) is 4.79 Å². The molecule has 0 radical (unpaired) electrons. The van der Waals surface area contributed by atoms with Crippen molar-refractivity contribution in [2.75, 3.05) is 7.05 Å². The molecule has 1 fully saturated rings. The maximum atomic E-state index is 12.2. The van der Waals surface area contributed by atoms with Gasteiger partial charge in [0, 0.05) is 19.1 Å². The smallest absolute Gasteiger partial charge is 0.410 e. The largest absolute Gasteiger partial charge is 0.468 e. The summed E-state index contributed by atoms with van der Waals surface area (Å²) in [5.74, 6) is 1.01. The third-order valence-corrected chi connectivity index (χ3v) is 4.66. The molecular weight excluding hydrogens is 304 g/mol. The average molecular weight is 336 g/mol. The SMILES string of the molecule is CCC(NC1CCC(N(C)C(=O)OC(C)(C)C)CC1)c1ccco1. The van der Waals surface area contributed by atoms with Gasteiger partial charge in [0.2, 0.25) is 0 Å². The van der Waals surface area contributed by atoms with Gasteiger partial charge in [0.15, 0.2) is 0 Å². The quantitative estimate of drug-likeness (QED) is 0.860. The Hall–Kier alpha value is -1.49. The fraction of sp³-hybridized carbons (Fsp3) is 0.737. The number of carbonyl (C=O) groups excluding carboxylic acids is 1. The molecule has 0 aliphatic heterocycles. The van der Waals surface area contributed by atoms with Crippen LogP contribution in [-0.2, 0) is 4.74 Å². The van der Waals surface area contributed by atoms with E-state index in [9.17, 15) is 4.79 Å². The van der Waals surface area contributed by atoms with Crippen LogP contribution in [0.5, 0.6) is 0 Å². The molecule has 1 aliphatic rings. The Morgan fingerprint density at radius 1 is 1.38 bits per heavy atom. The molecule has 0 aromatic carbocycles. The van der Waals surface area contributed by atoms with E-state index in [0.717, 1.165) is 37.9 Å². The van der Waals surface area contributed by atoms with Crippen molar-refractivity contribution in [3.05, 3.63) is 24.2 Å². The first kappa shape index (κ1) is 18.8. The maximum Gasteiger partial charge on any atom is 0.410 e. The molecule has 0 spiro atoms. The van der Waals surface area contributed by atoms with E-state index in [0.29, 0.717) is 6.04 Å². The second-order valence-electron chi connectivity index (χ2n) is 7.74. The summed E-state index contributed by atoms with van der Waals surface area (Å²) in [6.07, 6.45) is 6.65. The number of carbonyl (C=O) groups is 1. The normalized spacial score (nSPS) is 22.9. The minimum absolute atomic E-state index is 0.221. The van der Waals surface area contributed by atoms with Crippen molar-refractivity contribution >= 4 is 6.09 Å². The van der Waals surface area contributed by atoms with Crippen LogP contribution in [0.1, 0.15) is 71.6 Å². The van der Waals surface area contributed by atoms with Gasteiger partial charge in [-0.15, -0.1) is 0 Å². The van der Waals surface area contributed by atoms with Crippen LogP contribution in [0.3, 0.4) is 0 Å². The highest BCUT2D eigenvalue weighted by Crippen LogP contribution is 2.27. The van der Waals surface area contributed by atoms with E-state index in [4.69, 9.17) is 9.15 Å². The molecule has 5 heteroatoms. The van der Waals surface area contributed by atoms with Crippen molar-refractivity contribution in [2.45, 2.75) is 83.5 Å². The molecule has 2 rings (SSSR count). The maximum absolute atomic E-state index is 12.2. The van der Waals surface area contributed by atoms with Crippen LogP contribution in [0.15, 0.2) is 22.8 Å². The lowest BCUT2D eigenvalue weighted by Crippen LogP contribution is -2.45. The molecule has 1 aromatic heterocycles. The van der Waals surface area contributed by atoms with E-state index in [2.05, 4.69) is 12.2 Å². The van der Waals surface area contributed by atoms with E-state index in [-0.39, 0.29) is 18.2 Å². The minimum atomic E-state index is -0.443. The van der Waals surface area contributed by atoms with Gasteiger partial charge in [-0.25, -0.2) is 4.79 Å². The second-order valence-corrected chi connectivity index (χ2v) is 7.74. The van der Waals surface area contributed by atoms with Crippen LogP contribution < -0.4 is 5.32 Å². The molecule has 0 saturated heterocycles. The van der Waals surface area contributed by atoms with Crippen molar-refractivity contribution in [3.63, 3.8) is 0 Å². The van der Waals surface area contributed by atoms with Gasteiger partial charge in [-0.05, 0) is 65.0 Å². The van der Waals surface area contributed by atoms with Crippen LogP contribution in [0.25, 0.3) is 0 Å². The molecule has 24 heavy (non-hydrogen) atoms. The molecule has 5 nitrogen and oxygen atoms in total.